The molecule has 0 spiro atoms. The lowest BCUT2D eigenvalue weighted by atomic mass is 9.85. The molecule has 1 aromatic carbocycles. The van der Waals surface area contributed by atoms with Crippen LogP contribution in [0.5, 0.6) is 0 Å². The number of anilines is 3. The molecule has 5 rings (SSSR count). The minimum absolute atomic E-state index is 0.104. The van der Waals surface area contributed by atoms with Crippen molar-refractivity contribution in [3.8, 4) is 11.3 Å². The lowest BCUT2D eigenvalue weighted by molar-refractivity contribution is -0.121. The molecule has 0 saturated heterocycles. The Morgan fingerprint density at radius 2 is 2.07 bits per heavy atom. The molecule has 140 valence electrons. The predicted molar refractivity (Wildman–Crippen MR) is 109 cm³/mol. The van der Waals surface area contributed by atoms with Crippen molar-refractivity contribution in [1.82, 2.24) is 24.9 Å². The van der Waals surface area contributed by atoms with Gasteiger partial charge >= 0.3 is 0 Å². The van der Waals surface area contributed by atoms with Gasteiger partial charge in [0.2, 0.25) is 5.91 Å². The second-order valence-electron chi connectivity index (χ2n) is 7.21. The smallest absolute Gasteiger partial charge is 0.236 e. The number of carbonyl (C=O) groups excluding carboxylic acids is 1. The van der Waals surface area contributed by atoms with Gasteiger partial charge in [-0.25, -0.2) is 19.9 Å². The summed E-state index contributed by atoms with van der Waals surface area (Å²) in [5.41, 5.74) is 4.61. The zero-order chi connectivity index (χ0) is 19.5. The fourth-order valence-corrected chi connectivity index (χ4v) is 4.28. The van der Waals surface area contributed by atoms with Gasteiger partial charge in [0.15, 0.2) is 16.6 Å². The average molecular weight is 391 g/mol. The van der Waals surface area contributed by atoms with Crippen LogP contribution in [0.2, 0.25) is 0 Å². The first-order valence-electron chi connectivity index (χ1n) is 8.75. The number of carbonyl (C=O) groups is 1. The Hall–Kier alpha value is -3.33. The van der Waals surface area contributed by atoms with Crippen LogP contribution >= 0.6 is 11.3 Å². The normalized spacial score (nSPS) is 15.2. The maximum absolute atomic E-state index is 12.5. The highest BCUT2D eigenvalue weighted by molar-refractivity contribution is 7.14. The highest BCUT2D eigenvalue weighted by Gasteiger charge is 2.42. The molecule has 1 aliphatic rings. The highest BCUT2D eigenvalue weighted by atomic mass is 32.1. The second kappa shape index (κ2) is 5.83. The van der Waals surface area contributed by atoms with Gasteiger partial charge < -0.3 is 15.2 Å². The maximum Gasteiger partial charge on any atom is 0.236 e. The minimum atomic E-state index is -0.537. The van der Waals surface area contributed by atoms with Crippen molar-refractivity contribution >= 4 is 45.0 Å². The zero-order valence-corrected chi connectivity index (χ0v) is 16.3. The van der Waals surface area contributed by atoms with Crippen LogP contribution in [0.15, 0.2) is 36.2 Å². The predicted octanol–water partition coefficient (Wildman–Crippen LogP) is 3.47. The quantitative estimate of drug-likeness (QED) is 0.555. The molecule has 1 amide bonds. The molecule has 1 aliphatic heterocycles. The van der Waals surface area contributed by atoms with Crippen LogP contribution in [0.1, 0.15) is 19.4 Å². The fraction of sp³-hybridized carbons (Fsp3) is 0.211. The van der Waals surface area contributed by atoms with Gasteiger partial charge in [-0.15, -0.1) is 11.3 Å². The number of imidazole rings is 1. The number of nitrogens with one attached hydrogen (secondary N) is 2. The van der Waals surface area contributed by atoms with E-state index in [2.05, 4.69) is 31.3 Å². The van der Waals surface area contributed by atoms with E-state index in [-0.39, 0.29) is 5.91 Å². The number of amides is 1. The largest absolute Gasteiger partial charge is 0.340 e. The maximum atomic E-state index is 12.5. The molecule has 0 fully saturated rings. The van der Waals surface area contributed by atoms with Crippen molar-refractivity contribution in [1.29, 1.82) is 0 Å². The minimum Gasteiger partial charge on any atom is -0.340 e. The second-order valence-corrected chi connectivity index (χ2v) is 8.07. The summed E-state index contributed by atoms with van der Waals surface area (Å²) in [6.45, 7) is 3.92. The first-order valence-corrected chi connectivity index (χ1v) is 9.63. The van der Waals surface area contributed by atoms with Gasteiger partial charge in [0, 0.05) is 23.7 Å². The topological polar surface area (TPSA) is 99.7 Å². The number of nitrogens with zero attached hydrogens (tertiary/aromatic N) is 5. The van der Waals surface area contributed by atoms with Gasteiger partial charge in [-0.2, -0.15) is 0 Å². The molecular weight excluding hydrogens is 374 g/mol. The standard InChI is InChI=1S/C19H17N7OS/c1-19(2)11-6-10(4-5-13(11)26(3)17(19)27)12-7-28-18(24-12)25-16-14-15(21-8-20-14)22-9-23-16/h4-9H,1-3H3,(H2,20,21,22,23,24,25). The van der Waals surface area contributed by atoms with Crippen molar-refractivity contribution in [2.45, 2.75) is 19.3 Å². The van der Waals surface area contributed by atoms with Crippen LogP contribution in [0.4, 0.5) is 16.6 Å². The van der Waals surface area contributed by atoms with Gasteiger partial charge in [-0.1, -0.05) is 6.07 Å². The molecule has 9 heteroatoms. The van der Waals surface area contributed by atoms with E-state index >= 15 is 0 Å². The lowest BCUT2D eigenvalue weighted by Gasteiger charge is -2.16. The van der Waals surface area contributed by atoms with E-state index in [1.807, 2.05) is 38.4 Å². The SMILES string of the molecule is CN1C(=O)C(C)(C)c2cc(-c3csc(Nc4ncnc5nc[nH]c45)n3)ccc21. The monoisotopic (exact) mass is 391 g/mol. The van der Waals surface area contributed by atoms with E-state index in [4.69, 9.17) is 4.98 Å². The van der Waals surface area contributed by atoms with E-state index in [1.165, 1.54) is 17.7 Å². The molecule has 28 heavy (non-hydrogen) atoms. The molecule has 8 nitrogen and oxygen atoms in total. The van der Waals surface area contributed by atoms with Gasteiger partial charge in [-0.3, -0.25) is 4.79 Å². The fourth-order valence-electron chi connectivity index (χ4n) is 3.56. The summed E-state index contributed by atoms with van der Waals surface area (Å²) in [4.78, 5) is 34.5. The van der Waals surface area contributed by atoms with Crippen LogP contribution in [0, 0.1) is 0 Å². The van der Waals surface area contributed by atoms with Crippen molar-refractivity contribution in [2.24, 2.45) is 0 Å². The van der Waals surface area contributed by atoms with E-state index in [0.717, 1.165) is 33.2 Å². The van der Waals surface area contributed by atoms with E-state index in [1.54, 1.807) is 11.2 Å². The number of aromatic amines is 1. The summed E-state index contributed by atoms with van der Waals surface area (Å²) in [6, 6.07) is 6.05. The van der Waals surface area contributed by atoms with Crippen LogP contribution in [0.3, 0.4) is 0 Å². The van der Waals surface area contributed by atoms with E-state index < -0.39 is 5.41 Å². The summed E-state index contributed by atoms with van der Waals surface area (Å²) in [6.07, 6.45) is 3.05. The molecular formula is C19H17N7OS. The lowest BCUT2D eigenvalue weighted by Crippen LogP contribution is -2.33. The molecule has 4 aromatic rings. The van der Waals surface area contributed by atoms with Crippen molar-refractivity contribution in [2.75, 3.05) is 17.3 Å². The molecule has 0 aliphatic carbocycles. The Morgan fingerprint density at radius 1 is 1.21 bits per heavy atom. The van der Waals surface area contributed by atoms with Crippen LogP contribution in [-0.4, -0.2) is 37.9 Å². The highest BCUT2D eigenvalue weighted by Crippen LogP contribution is 2.42. The first kappa shape index (κ1) is 16.8. The Kier molecular flexibility index (Phi) is 3.50. The van der Waals surface area contributed by atoms with Crippen molar-refractivity contribution in [3.63, 3.8) is 0 Å². The molecule has 2 N–H and O–H groups in total. The molecule has 0 radical (unpaired) electrons. The molecule has 4 heterocycles. The van der Waals surface area contributed by atoms with Crippen molar-refractivity contribution < 1.29 is 4.79 Å². The third-order valence-corrected chi connectivity index (χ3v) is 5.88. The van der Waals surface area contributed by atoms with Gasteiger partial charge in [0.25, 0.3) is 0 Å². The number of H-pyrrole nitrogens is 1. The van der Waals surface area contributed by atoms with E-state index in [9.17, 15) is 4.79 Å². The number of benzene rings is 1. The van der Waals surface area contributed by atoms with E-state index in [0.29, 0.717) is 11.5 Å². The Balaban J connectivity index is 1.48. The summed E-state index contributed by atoms with van der Waals surface area (Å²) in [5.74, 6) is 0.735. The summed E-state index contributed by atoms with van der Waals surface area (Å²) in [7, 11) is 1.82. The molecule has 0 atom stereocenters. The number of likely N-dealkylation sites (N-methyl/N-ethyl adjacent to an activating group) is 1. The summed E-state index contributed by atoms with van der Waals surface area (Å²) in [5, 5.41) is 5.94. The van der Waals surface area contributed by atoms with Crippen LogP contribution < -0.4 is 10.2 Å². The molecule has 0 saturated carbocycles. The number of hydrogen-bond donors (Lipinski definition) is 2. The van der Waals surface area contributed by atoms with Crippen LogP contribution in [-0.2, 0) is 10.2 Å². The third kappa shape index (κ3) is 2.40. The average Bonchev–Trinajstić information content (AvgIpc) is 3.39. The number of fused-ring (bicyclic) bond motifs is 2. The number of rotatable bonds is 3. The Morgan fingerprint density at radius 3 is 2.93 bits per heavy atom. The summed E-state index contributed by atoms with van der Waals surface area (Å²) >= 11 is 1.49. The van der Waals surface area contributed by atoms with Gasteiger partial charge in [0.1, 0.15) is 11.8 Å². The zero-order valence-electron chi connectivity index (χ0n) is 15.5. The van der Waals surface area contributed by atoms with Crippen molar-refractivity contribution in [3.05, 3.63) is 41.8 Å². The number of thiazole rings is 1. The van der Waals surface area contributed by atoms with Crippen LogP contribution in [0.25, 0.3) is 22.4 Å². The summed E-state index contributed by atoms with van der Waals surface area (Å²) < 4.78 is 0. The molecule has 3 aromatic heterocycles. The number of aromatic nitrogens is 5. The Labute approximate surface area is 164 Å². The first-order chi connectivity index (χ1) is 13.4. The molecule has 0 bridgehead atoms. The number of hydrogen-bond acceptors (Lipinski definition) is 7. The molecule has 0 unspecified atom stereocenters. The third-order valence-electron chi connectivity index (χ3n) is 5.12. The van der Waals surface area contributed by atoms with Gasteiger partial charge in [-0.05, 0) is 31.5 Å². The van der Waals surface area contributed by atoms with Gasteiger partial charge in [0.05, 0.1) is 17.4 Å². The Bertz CT molecular complexity index is 1230.